The van der Waals surface area contributed by atoms with Gasteiger partial charge in [0.05, 0.1) is 18.9 Å². The van der Waals surface area contributed by atoms with E-state index in [2.05, 4.69) is 47.4 Å². The van der Waals surface area contributed by atoms with Crippen molar-refractivity contribution in [3.05, 3.63) is 75.2 Å². The van der Waals surface area contributed by atoms with E-state index >= 15 is 0 Å². The quantitative estimate of drug-likeness (QED) is 0.607. The van der Waals surface area contributed by atoms with Gasteiger partial charge in [0.25, 0.3) is 5.91 Å². The van der Waals surface area contributed by atoms with Crippen LogP contribution in [0.4, 0.5) is 0 Å². The summed E-state index contributed by atoms with van der Waals surface area (Å²) in [6.07, 6.45) is 3.38. The Balaban J connectivity index is 1.37. The third-order valence-corrected chi connectivity index (χ3v) is 7.29. The molecule has 0 radical (unpaired) electrons. The highest BCUT2D eigenvalue weighted by Gasteiger charge is 2.31. The van der Waals surface area contributed by atoms with Crippen molar-refractivity contribution in [3.8, 4) is 11.1 Å². The third kappa shape index (κ3) is 4.03. The number of nitrogens with zero attached hydrogens (tertiary/aromatic N) is 2. The fraction of sp³-hybridized carbons (Fsp3) is 0.360. The lowest BCUT2D eigenvalue weighted by atomic mass is 9.89. The van der Waals surface area contributed by atoms with Crippen LogP contribution in [0.15, 0.2) is 47.8 Å². The molecule has 0 spiro atoms. The van der Waals surface area contributed by atoms with Crippen molar-refractivity contribution in [2.75, 3.05) is 13.1 Å². The average molecular weight is 435 g/mol. The fourth-order valence-corrected chi connectivity index (χ4v) is 5.41. The molecular formula is C25H26N2O3S. The van der Waals surface area contributed by atoms with Gasteiger partial charge in [-0.25, -0.2) is 4.98 Å². The molecule has 2 N–H and O–H groups in total. The summed E-state index contributed by atoms with van der Waals surface area (Å²) in [5.74, 6) is 0.795. The van der Waals surface area contributed by atoms with Crippen molar-refractivity contribution in [2.24, 2.45) is 0 Å². The second kappa shape index (κ2) is 8.54. The Morgan fingerprint density at radius 1 is 1.03 bits per heavy atom. The molecule has 1 amide bonds. The number of amides is 1. The summed E-state index contributed by atoms with van der Waals surface area (Å²) in [6.45, 7) is 1.14. The SMILES string of the molecule is O=C(c1nc(CO)cs1)N1CCC(c2ccc(-c3ccccc3C3CC3)cc2CO)C1. The van der Waals surface area contributed by atoms with Crippen LogP contribution in [0.2, 0.25) is 0 Å². The van der Waals surface area contributed by atoms with Crippen LogP contribution in [0.1, 0.15) is 63.3 Å². The molecule has 2 aliphatic rings. The third-order valence-electron chi connectivity index (χ3n) is 6.41. The highest BCUT2D eigenvalue weighted by Crippen LogP contribution is 2.44. The average Bonchev–Trinajstić information content (AvgIpc) is 3.34. The first kappa shape index (κ1) is 20.4. The summed E-state index contributed by atoms with van der Waals surface area (Å²) in [5.41, 5.74) is 6.43. The molecule has 1 saturated carbocycles. The topological polar surface area (TPSA) is 73.7 Å². The van der Waals surface area contributed by atoms with E-state index in [0.717, 1.165) is 23.1 Å². The van der Waals surface area contributed by atoms with Crippen molar-refractivity contribution in [3.63, 3.8) is 0 Å². The van der Waals surface area contributed by atoms with E-state index < -0.39 is 0 Å². The standard InChI is InChI=1S/C25H26N2O3S/c28-13-19-11-17(23-4-2-1-3-22(23)16-5-6-16)7-8-21(19)18-9-10-27(12-18)25(30)24-26-20(14-29)15-31-24/h1-4,7-8,11,15-16,18,28-29H,5-6,9-10,12-14H2. The summed E-state index contributed by atoms with van der Waals surface area (Å²) in [4.78, 5) is 18.8. The van der Waals surface area contributed by atoms with Gasteiger partial charge in [-0.15, -0.1) is 11.3 Å². The van der Waals surface area contributed by atoms with Crippen LogP contribution >= 0.6 is 11.3 Å². The van der Waals surface area contributed by atoms with Crippen molar-refractivity contribution >= 4 is 17.2 Å². The molecule has 3 aromatic rings. The van der Waals surface area contributed by atoms with E-state index in [-0.39, 0.29) is 25.0 Å². The van der Waals surface area contributed by atoms with Gasteiger partial charge in [-0.1, -0.05) is 36.4 Å². The summed E-state index contributed by atoms with van der Waals surface area (Å²) in [7, 11) is 0. The number of thiazole rings is 1. The molecule has 2 heterocycles. The van der Waals surface area contributed by atoms with Gasteiger partial charge in [-0.3, -0.25) is 4.79 Å². The largest absolute Gasteiger partial charge is 0.392 e. The Morgan fingerprint density at radius 2 is 1.87 bits per heavy atom. The molecule has 5 nitrogen and oxygen atoms in total. The van der Waals surface area contributed by atoms with Gasteiger partial charge in [0, 0.05) is 24.4 Å². The van der Waals surface area contributed by atoms with Crippen LogP contribution in [0.5, 0.6) is 0 Å². The molecule has 1 aliphatic carbocycles. The predicted molar refractivity (Wildman–Crippen MR) is 121 cm³/mol. The van der Waals surface area contributed by atoms with Crippen LogP contribution in [-0.4, -0.2) is 39.1 Å². The van der Waals surface area contributed by atoms with E-state index in [1.54, 1.807) is 5.38 Å². The Hall–Kier alpha value is -2.54. The van der Waals surface area contributed by atoms with Gasteiger partial charge in [0.1, 0.15) is 0 Å². The highest BCUT2D eigenvalue weighted by atomic mass is 32.1. The fourth-order valence-electron chi connectivity index (χ4n) is 4.63. The lowest BCUT2D eigenvalue weighted by Gasteiger charge is -2.18. The molecule has 31 heavy (non-hydrogen) atoms. The number of likely N-dealkylation sites (tertiary alicyclic amines) is 1. The Morgan fingerprint density at radius 3 is 2.61 bits per heavy atom. The van der Waals surface area contributed by atoms with Crippen LogP contribution in [-0.2, 0) is 13.2 Å². The zero-order chi connectivity index (χ0) is 21.4. The van der Waals surface area contributed by atoms with Gasteiger partial charge in [-0.05, 0) is 59.1 Å². The number of rotatable bonds is 6. The minimum Gasteiger partial charge on any atom is -0.392 e. The number of carbonyl (C=O) groups is 1. The van der Waals surface area contributed by atoms with Gasteiger partial charge in [-0.2, -0.15) is 0 Å². The summed E-state index contributed by atoms with van der Waals surface area (Å²) in [6, 6.07) is 15.0. The van der Waals surface area contributed by atoms with Crippen LogP contribution in [0.25, 0.3) is 11.1 Å². The van der Waals surface area contributed by atoms with Crippen molar-refractivity contribution < 1.29 is 15.0 Å². The zero-order valence-electron chi connectivity index (χ0n) is 17.3. The minimum absolute atomic E-state index is 0.00838. The monoisotopic (exact) mass is 434 g/mol. The van der Waals surface area contributed by atoms with Crippen LogP contribution in [0, 0.1) is 0 Å². The first-order chi connectivity index (χ1) is 15.2. The molecular weight excluding hydrogens is 408 g/mol. The molecule has 2 fully saturated rings. The maximum absolute atomic E-state index is 12.8. The molecule has 0 bridgehead atoms. The Labute approximate surface area is 186 Å². The molecule has 6 heteroatoms. The van der Waals surface area contributed by atoms with Gasteiger partial charge < -0.3 is 15.1 Å². The number of benzene rings is 2. The lowest BCUT2D eigenvalue weighted by Crippen LogP contribution is -2.28. The smallest absolute Gasteiger partial charge is 0.282 e. The van der Waals surface area contributed by atoms with Crippen molar-refractivity contribution in [1.82, 2.24) is 9.88 Å². The normalized spacial score (nSPS) is 18.5. The van der Waals surface area contributed by atoms with Crippen molar-refractivity contribution in [2.45, 2.75) is 44.3 Å². The van der Waals surface area contributed by atoms with E-state index in [4.69, 9.17) is 0 Å². The van der Waals surface area contributed by atoms with E-state index in [0.29, 0.717) is 29.7 Å². The maximum atomic E-state index is 12.8. The van der Waals surface area contributed by atoms with E-state index in [1.807, 2.05) is 4.90 Å². The molecule has 5 rings (SSSR count). The number of aliphatic hydroxyl groups excluding tert-OH is 2. The second-order valence-electron chi connectivity index (χ2n) is 8.47. The summed E-state index contributed by atoms with van der Waals surface area (Å²) >= 11 is 1.28. The molecule has 1 aromatic heterocycles. The number of aromatic nitrogens is 1. The first-order valence-electron chi connectivity index (χ1n) is 10.9. The number of carbonyl (C=O) groups excluding carboxylic acids is 1. The first-order valence-corrected chi connectivity index (χ1v) is 11.7. The highest BCUT2D eigenvalue weighted by molar-refractivity contribution is 7.11. The van der Waals surface area contributed by atoms with E-state index in [9.17, 15) is 15.0 Å². The summed E-state index contributed by atoms with van der Waals surface area (Å²) < 4.78 is 0. The van der Waals surface area contributed by atoms with Gasteiger partial charge in [0.2, 0.25) is 0 Å². The predicted octanol–water partition coefficient (Wildman–Crippen LogP) is 4.30. The summed E-state index contributed by atoms with van der Waals surface area (Å²) in [5, 5.41) is 21.5. The lowest BCUT2D eigenvalue weighted by molar-refractivity contribution is 0.0790. The molecule has 160 valence electrons. The van der Waals surface area contributed by atoms with Crippen LogP contribution in [0.3, 0.4) is 0 Å². The van der Waals surface area contributed by atoms with Crippen LogP contribution < -0.4 is 0 Å². The second-order valence-corrected chi connectivity index (χ2v) is 9.33. The molecule has 2 aromatic carbocycles. The number of hydrogen-bond donors (Lipinski definition) is 2. The Bertz CT molecular complexity index is 1110. The maximum Gasteiger partial charge on any atom is 0.282 e. The van der Waals surface area contributed by atoms with E-state index in [1.165, 1.54) is 35.3 Å². The minimum atomic E-state index is -0.150. The molecule has 1 atom stereocenters. The van der Waals surface area contributed by atoms with Gasteiger partial charge in [0.15, 0.2) is 5.01 Å². The molecule has 1 unspecified atom stereocenters. The number of hydrogen-bond acceptors (Lipinski definition) is 5. The number of aliphatic hydroxyl groups is 2. The zero-order valence-corrected chi connectivity index (χ0v) is 18.1. The molecule has 1 aliphatic heterocycles. The van der Waals surface area contributed by atoms with Crippen molar-refractivity contribution in [1.29, 1.82) is 0 Å². The molecule has 1 saturated heterocycles. The Kier molecular flexibility index (Phi) is 5.61. The van der Waals surface area contributed by atoms with Gasteiger partial charge >= 0.3 is 0 Å².